The zero-order chi connectivity index (χ0) is 12.3. The fourth-order valence-electron chi connectivity index (χ4n) is 3.12. The first-order chi connectivity index (χ1) is 8.18. The van der Waals surface area contributed by atoms with Crippen LogP contribution in [0.25, 0.3) is 0 Å². The number of rotatable bonds is 3. The molecule has 3 unspecified atom stereocenters. The maximum Gasteiger partial charge on any atom is 0.222 e. The average molecular weight is 238 g/mol. The van der Waals surface area contributed by atoms with Crippen molar-refractivity contribution >= 4 is 5.91 Å². The van der Waals surface area contributed by atoms with E-state index in [0.29, 0.717) is 17.9 Å². The van der Waals surface area contributed by atoms with E-state index >= 15 is 0 Å². The van der Waals surface area contributed by atoms with Crippen LogP contribution in [0.15, 0.2) is 0 Å². The Morgan fingerprint density at radius 2 is 2.18 bits per heavy atom. The lowest BCUT2D eigenvalue weighted by molar-refractivity contribution is -0.136. The first-order valence-electron chi connectivity index (χ1n) is 7.18. The summed E-state index contributed by atoms with van der Waals surface area (Å²) in [6, 6.07) is 0.443. The summed E-state index contributed by atoms with van der Waals surface area (Å²) >= 11 is 0. The third kappa shape index (κ3) is 3.21. The Labute approximate surface area is 105 Å². The van der Waals surface area contributed by atoms with Gasteiger partial charge >= 0.3 is 0 Å². The highest BCUT2D eigenvalue weighted by Crippen LogP contribution is 2.24. The Hall–Kier alpha value is -0.570. The molecular formula is C14H26N2O. The van der Waals surface area contributed by atoms with Gasteiger partial charge in [-0.05, 0) is 57.5 Å². The molecule has 0 aliphatic carbocycles. The van der Waals surface area contributed by atoms with E-state index in [1.54, 1.807) is 0 Å². The number of hydrogen-bond donors (Lipinski definition) is 1. The Bertz CT molecular complexity index is 261. The van der Waals surface area contributed by atoms with Gasteiger partial charge in [-0.3, -0.25) is 4.79 Å². The third-order valence-electron chi connectivity index (χ3n) is 4.62. The van der Waals surface area contributed by atoms with Gasteiger partial charge in [0.2, 0.25) is 5.91 Å². The van der Waals surface area contributed by atoms with Gasteiger partial charge in [0.15, 0.2) is 0 Å². The Morgan fingerprint density at radius 3 is 2.88 bits per heavy atom. The summed E-state index contributed by atoms with van der Waals surface area (Å²) in [5, 5.41) is 3.37. The van der Waals surface area contributed by atoms with Crippen molar-refractivity contribution in [2.24, 2.45) is 11.8 Å². The van der Waals surface area contributed by atoms with Crippen LogP contribution in [-0.4, -0.2) is 36.5 Å². The summed E-state index contributed by atoms with van der Waals surface area (Å²) in [4.78, 5) is 14.3. The second-order valence-electron chi connectivity index (χ2n) is 5.84. The first kappa shape index (κ1) is 12.9. The summed E-state index contributed by atoms with van der Waals surface area (Å²) in [5.74, 6) is 1.79. The summed E-state index contributed by atoms with van der Waals surface area (Å²) in [6.07, 6.45) is 5.53. The van der Waals surface area contributed by atoms with Crippen molar-refractivity contribution in [1.82, 2.24) is 10.2 Å². The van der Waals surface area contributed by atoms with Crippen LogP contribution in [0.4, 0.5) is 0 Å². The van der Waals surface area contributed by atoms with Gasteiger partial charge < -0.3 is 10.2 Å². The Morgan fingerprint density at radius 1 is 1.35 bits per heavy atom. The van der Waals surface area contributed by atoms with E-state index in [0.717, 1.165) is 38.4 Å². The molecule has 2 aliphatic rings. The second kappa shape index (κ2) is 5.85. The van der Waals surface area contributed by atoms with E-state index in [1.807, 2.05) is 0 Å². The molecule has 17 heavy (non-hydrogen) atoms. The zero-order valence-electron chi connectivity index (χ0n) is 11.2. The number of piperidine rings is 1. The summed E-state index contributed by atoms with van der Waals surface area (Å²) < 4.78 is 0. The summed E-state index contributed by atoms with van der Waals surface area (Å²) in [6.45, 7) is 7.70. The van der Waals surface area contributed by atoms with E-state index in [-0.39, 0.29) is 0 Å². The smallest absolute Gasteiger partial charge is 0.222 e. The molecule has 1 amide bonds. The molecule has 3 atom stereocenters. The number of amides is 1. The fraction of sp³-hybridized carbons (Fsp3) is 0.929. The van der Waals surface area contributed by atoms with Gasteiger partial charge in [-0.25, -0.2) is 0 Å². The van der Waals surface area contributed by atoms with Crippen LogP contribution in [0.2, 0.25) is 0 Å². The standard InChI is InChI=1S/C14H26N2O/c1-11-4-3-9-16(12(11)2)14(17)6-5-13-7-8-15-10-13/h11-13,15H,3-10H2,1-2H3. The molecule has 2 fully saturated rings. The minimum absolute atomic E-state index is 0.385. The number of carbonyl (C=O) groups is 1. The molecule has 0 aromatic rings. The van der Waals surface area contributed by atoms with Crippen molar-refractivity contribution in [2.45, 2.75) is 52.0 Å². The largest absolute Gasteiger partial charge is 0.340 e. The molecule has 2 rings (SSSR count). The van der Waals surface area contributed by atoms with Crippen LogP contribution in [0, 0.1) is 11.8 Å². The molecule has 2 saturated heterocycles. The van der Waals surface area contributed by atoms with Crippen LogP contribution < -0.4 is 5.32 Å². The van der Waals surface area contributed by atoms with Crippen molar-refractivity contribution in [1.29, 1.82) is 0 Å². The summed E-state index contributed by atoms with van der Waals surface area (Å²) in [7, 11) is 0. The monoisotopic (exact) mass is 238 g/mol. The molecule has 3 nitrogen and oxygen atoms in total. The van der Waals surface area contributed by atoms with Gasteiger partial charge in [-0.15, -0.1) is 0 Å². The van der Waals surface area contributed by atoms with Crippen LogP contribution in [0.5, 0.6) is 0 Å². The van der Waals surface area contributed by atoms with E-state index < -0.39 is 0 Å². The number of carbonyl (C=O) groups excluding carboxylic acids is 1. The first-order valence-corrected chi connectivity index (χ1v) is 7.18. The number of likely N-dealkylation sites (tertiary alicyclic amines) is 1. The minimum atomic E-state index is 0.385. The highest BCUT2D eigenvalue weighted by atomic mass is 16.2. The van der Waals surface area contributed by atoms with E-state index in [1.165, 1.54) is 19.3 Å². The van der Waals surface area contributed by atoms with Gasteiger partial charge in [-0.2, -0.15) is 0 Å². The Balaban J connectivity index is 1.78. The van der Waals surface area contributed by atoms with Gasteiger partial charge in [0.05, 0.1) is 0 Å². The average Bonchev–Trinajstić information content (AvgIpc) is 2.82. The lowest BCUT2D eigenvalue weighted by Crippen LogP contribution is -2.46. The topological polar surface area (TPSA) is 32.3 Å². The van der Waals surface area contributed by atoms with Gasteiger partial charge in [0.1, 0.15) is 0 Å². The number of nitrogens with zero attached hydrogens (tertiary/aromatic N) is 1. The molecule has 0 spiro atoms. The molecule has 0 aromatic carbocycles. The van der Waals surface area contributed by atoms with Crippen LogP contribution in [0.1, 0.15) is 46.0 Å². The lowest BCUT2D eigenvalue weighted by atomic mass is 9.91. The van der Waals surface area contributed by atoms with Crippen molar-refractivity contribution in [2.75, 3.05) is 19.6 Å². The molecule has 98 valence electrons. The molecule has 3 heteroatoms. The number of nitrogens with one attached hydrogen (secondary N) is 1. The maximum atomic E-state index is 12.2. The Kier molecular flexibility index (Phi) is 4.43. The zero-order valence-corrected chi connectivity index (χ0v) is 11.2. The lowest BCUT2D eigenvalue weighted by Gasteiger charge is -2.38. The van der Waals surface area contributed by atoms with Crippen LogP contribution in [-0.2, 0) is 4.79 Å². The highest BCUT2D eigenvalue weighted by Gasteiger charge is 2.28. The normalized spacial score (nSPS) is 34.0. The molecule has 0 aromatic heterocycles. The molecule has 0 bridgehead atoms. The predicted octanol–water partition coefficient (Wildman–Crippen LogP) is 2.02. The molecule has 0 radical (unpaired) electrons. The minimum Gasteiger partial charge on any atom is -0.340 e. The quantitative estimate of drug-likeness (QED) is 0.816. The van der Waals surface area contributed by atoms with Crippen molar-refractivity contribution in [3.05, 3.63) is 0 Å². The van der Waals surface area contributed by atoms with Crippen molar-refractivity contribution in [3.8, 4) is 0 Å². The van der Waals surface area contributed by atoms with E-state index in [4.69, 9.17) is 0 Å². The third-order valence-corrected chi connectivity index (χ3v) is 4.62. The van der Waals surface area contributed by atoms with E-state index in [2.05, 4.69) is 24.1 Å². The maximum absolute atomic E-state index is 12.2. The number of hydrogen-bond acceptors (Lipinski definition) is 2. The molecule has 0 saturated carbocycles. The molecular weight excluding hydrogens is 212 g/mol. The summed E-state index contributed by atoms with van der Waals surface area (Å²) in [5.41, 5.74) is 0. The van der Waals surface area contributed by atoms with Gasteiger partial charge in [0, 0.05) is 19.0 Å². The SMILES string of the molecule is CC1CCCN(C(=O)CCC2CCNC2)C1C. The van der Waals surface area contributed by atoms with Gasteiger partial charge in [0.25, 0.3) is 0 Å². The molecule has 2 heterocycles. The van der Waals surface area contributed by atoms with Crippen LogP contribution in [0.3, 0.4) is 0 Å². The highest BCUT2D eigenvalue weighted by molar-refractivity contribution is 5.76. The van der Waals surface area contributed by atoms with Gasteiger partial charge in [-0.1, -0.05) is 6.92 Å². The van der Waals surface area contributed by atoms with Crippen molar-refractivity contribution < 1.29 is 4.79 Å². The predicted molar refractivity (Wildman–Crippen MR) is 69.8 cm³/mol. The van der Waals surface area contributed by atoms with Crippen LogP contribution >= 0.6 is 0 Å². The molecule has 2 aliphatic heterocycles. The second-order valence-corrected chi connectivity index (χ2v) is 5.84. The van der Waals surface area contributed by atoms with Crippen molar-refractivity contribution in [3.63, 3.8) is 0 Å². The fourth-order valence-corrected chi connectivity index (χ4v) is 3.12. The molecule has 1 N–H and O–H groups in total. The van der Waals surface area contributed by atoms with E-state index in [9.17, 15) is 4.79 Å².